The Hall–Kier alpha value is -2.80. The van der Waals surface area contributed by atoms with Crippen LogP contribution in [0.1, 0.15) is 10.4 Å². The van der Waals surface area contributed by atoms with Crippen molar-refractivity contribution >= 4 is 32.6 Å². The summed E-state index contributed by atoms with van der Waals surface area (Å²) in [7, 11) is -3.59. The summed E-state index contributed by atoms with van der Waals surface area (Å²) >= 11 is 0. The van der Waals surface area contributed by atoms with Gasteiger partial charge in [-0.05, 0) is 23.3 Å². The van der Waals surface area contributed by atoms with Crippen molar-refractivity contribution in [1.29, 1.82) is 0 Å². The molecule has 0 bridgehead atoms. The Morgan fingerprint density at radius 1 is 1.09 bits per heavy atom. The van der Waals surface area contributed by atoms with Crippen LogP contribution in [-0.4, -0.2) is 20.6 Å². The van der Waals surface area contributed by atoms with Gasteiger partial charge in [-0.25, -0.2) is 8.42 Å². The minimum Gasteiger partial charge on any atom is -0.439 e. The van der Waals surface area contributed by atoms with E-state index in [1.165, 1.54) is 6.07 Å². The summed E-state index contributed by atoms with van der Waals surface area (Å²) in [5.74, 6) is -0.964. The molecule has 0 aliphatic heterocycles. The van der Waals surface area contributed by atoms with Crippen LogP contribution in [0.15, 0.2) is 51.8 Å². The average Bonchev–Trinajstić information content (AvgIpc) is 2.81. The van der Waals surface area contributed by atoms with Gasteiger partial charge in [0.2, 0.25) is 5.88 Å². The largest absolute Gasteiger partial charge is 0.439 e. The van der Waals surface area contributed by atoms with Gasteiger partial charge in [0, 0.05) is 11.6 Å². The molecule has 23 heavy (non-hydrogen) atoms. The first-order valence-electron chi connectivity index (χ1n) is 6.70. The van der Waals surface area contributed by atoms with E-state index in [1.807, 2.05) is 30.3 Å². The predicted molar refractivity (Wildman–Crippen MR) is 87.7 cm³/mol. The first kappa shape index (κ1) is 15.1. The van der Waals surface area contributed by atoms with E-state index in [-0.39, 0.29) is 27.3 Å². The third kappa shape index (κ3) is 2.55. The number of rotatable bonds is 3. The highest BCUT2D eigenvalue weighted by atomic mass is 32.2. The lowest BCUT2D eigenvalue weighted by Crippen LogP contribution is -2.12. The van der Waals surface area contributed by atoms with Gasteiger partial charge in [-0.3, -0.25) is 4.79 Å². The third-order valence-corrected chi connectivity index (χ3v) is 4.64. The van der Waals surface area contributed by atoms with Gasteiger partial charge in [0.25, 0.3) is 5.91 Å². The number of furan rings is 1. The van der Waals surface area contributed by atoms with E-state index in [0.717, 1.165) is 11.8 Å². The number of primary amides is 1. The SMILES string of the molecule is CS(=O)(=O)c1cc(-c2ccccc2)cc2c(C(N)=O)c(N)oc12. The van der Waals surface area contributed by atoms with E-state index in [1.54, 1.807) is 6.07 Å². The maximum atomic E-state index is 12.1. The quantitative estimate of drug-likeness (QED) is 0.763. The monoisotopic (exact) mass is 330 g/mol. The van der Waals surface area contributed by atoms with E-state index < -0.39 is 15.7 Å². The minimum atomic E-state index is -3.59. The zero-order valence-corrected chi connectivity index (χ0v) is 13.1. The Morgan fingerprint density at radius 2 is 1.74 bits per heavy atom. The molecule has 2 aromatic carbocycles. The van der Waals surface area contributed by atoms with Crippen LogP contribution in [0, 0.1) is 0 Å². The topological polar surface area (TPSA) is 116 Å². The molecule has 118 valence electrons. The Kier molecular flexibility index (Phi) is 3.37. The first-order valence-corrected chi connectivity index (χ1v) is 8.59. The summed E-state index contributed by atoms with van der Waals surface area (Å²) < 4.78 is 29.5. The molecule has 6 nitrogen and oxygen atoms in total. The van der Waals surface area contributed by atoms with Gasteiger partial charge in [0.05, 0.1) is 0 Å². The van der Waals surface area contributed by atoms with Crippen LogP contribution in [0.2, 0.25) is 0 Å². The third-order valence-electron chi connectivity index (χ3n) is 3.54. The van der Waals surface area contributed by atoms with Crippen LogP contribution < -0.4 is 11.5 Å². The molecule has 1 heterocycles. The Bertz CT molecular complexity index is 1020. The summed E-state index contributed by atoms with van der Waals surface area (Å²) in [5, 5.41) is 0.289. The molecule has 0 saturated heterocycles. The molecule has 0 fully saturated rings. The summed E-state index contributed by atoms with van der Waals surface area (Å²) in [6.45, 7) is 0. The standard InChI is InChI=1S/C16H14N2O4S/c1-23(20,21)12-8-10(9-5-3-2-4-6-9)7-11-13(15(17)19)16(18)22-14(11)12/h2-8H,18H2,1H3,(H2,17,19). The zero-order chi connectivity index (χ0) is 16.8. The number of hydrogen-bond acceptors (Lipinski definition) is 5. The van der Waals surface area contributed by atoms with Crippen molar-refractivity contribution in [2.24, 2.45) is 5.73 Å². The van der Waals surface area contributed by atoms with Gasteiger partial charge in [-0.15, -0.1) is 0 Å². The van der Waals surface area contributed by atoms with Gasteiger partial charge < -0.3 is 15.9 Å². The predicted octanol–water partition coefficient (Wildman–Crippen LogP) is 2.18. The van der Waals surface area contributed by atoms with Crippen molar-refractivity contribution < 1.29 is 17.6 Å². The van der Waals surface area contributed by atoms with Crippen molar-refractivity contribution in [3.8, 4) is 11.1 Å². The molecule has 7 heteroatoms. The van der Waals surface area contributed by atoms with Crippen molar-refractivity contribution in [2.75, 3.05) is 12.0 Å². The molecule has 3 aromatic rings. The maximum absolute atomic E-state index is 12.1. The molecule has 0 saturated carbocycles. The first-order chi connectivity index (χ1) is 10.8. The number of nitrogens with two attached hydrogens (primary N) is 2. The fraction of sp³-hybridized carbons (Fsp3) is 0.0625. The van der Waals surface area contributed by atoms with Gasteiger partial charge >= 0.3 is 0 Å². The Labute approximate surface area is 132 Å². The van der Waals surface area contributed by atoms with Crippen molar-refractivity contribution in [3.05, 3.63) is 48.0 Å². The van der Waals surface area contributed by atoms with Crippen LogP contribution in [0.5, 0.6) is 0 Å². The van der Waals surface area contributed by atoms with Crippen molar-refractivity contribution in [3.63, 3.8) is 0 Å². The molecule has 0 radical (unpaired) electrons. The average molecular weight is 330 g/mol. The summed E-state index contributed by atoms with van der Waals surface area (Å²) in [4.78, 5) is 11.6. The van der Waals surface area contributed by atoms with Gasteiger partial charge in [-0.2, -0.15) is 0 Å². The smallest absolute Gasteiger partial charge is 0.254 e. The van der Waals surface area contributed by atoms with E-state index in [4.69, 9.17) is 15.9 Å². The number of carbonyl (C=O) groups excluding carboxylic acids is 1. The molecule has 4 N–H and O–H groups in total. The summed E-state index contributed by atoms with van der Waals surface area (Å²) in [6, 6.07) is 12.3. The molecular formula is C16H14N2O4S. The lowest BCUT2D eigenvalue weighted by atomic mass is 10.0. The Morgan fingerprint density at radius 3 is 2.30 bits per heavy atom. The highest BCUT2D eigenvalue weighted by molar-refractivity contribution is 7.91. The van der Waals surface area contributed by atoms with Gasteiger partial charge in [-0.1, -0.05) is 30.3 Å². The normalized spacial score (nSPS) is 11.7. The number of benzene rings is 2. The number of hydrogen-bond donors (Lipinski definition) is 2. The van der Waals surface area contributed by atoms with Crippen LogP contribution in [0.3, 0.4) is 0 Å². The zero-order valence-electron chi connectivity index (χ0n) is 12.2. The molecular weight excluding hydrogens is 316 g/mol. The fourth-order valence-electron chi connectivity index (χ4n) is 2.51. The fourth-order valence-corrected chi connectivity index (χ4v) is 3.34. The molecule has 1 amide bonds. The maximum Gasteiger partial charge on any atom is 0.254 e. The lowest BCUT2D eigenvalue weighted by Gasteiger charge is -2.06. The van der Waals surface area contributed by atoms with E-state index >= 15 is 0 Å². The van der Waals surface area contributed by atoms with Gasteiger partial charge in [0.1, 0.15) is 10.5 Å². The number of nitrogen functional groups attached to an aromatic ring is 1. The Balaban J connectivity index is 2.46. The molecule has 0 aliphatic carbocycles. The highest BCUT2D eigenvalue weighted by Gasteiger charge is 2.24. The second-order valence-electron chi connectivity index (χ2n) is 5.19. The van der Waals surface area contributed by atoms with Gasteiger partial charge in [0.15, 0.2) is 15.4 Å². The summed E-state index contributed by atoms with van der Waals surface area (Å²) in [6.07, 6.45) is 1.07. The van der Waals surface area contributed by atoms with Crippen LogP contribution in [-0.2, 0) is 9.84 Å². The minimum absolute atomic E-state index is 0.0114. The van der Waals surface area contributed by atoms with Crippen molar-refractivity contribution in [2.45, 2.75) is 4.90 Å². The number of fused-ring (bicyclic) bond motifs is 1. The molecule has 3 rings (SSSR count). The second-order valence-corrected chi connectivity index (χ2v) is 7.18. The second kappa shape index (κ2) is 5.13. The molecule has 1 aromatic heterocycles. The van der Waals surface area contributed by atoms with Crippen LogP contribution in [0.25, 0.3) is 22.1 Å². The molecule has 0 unspecified atom stereocenters. The highest BCUT2D eigenvalue weighted by Crippen LogP contribution is 2.36. The van der Waals surface area contributed by atoms with E-state index in [2.05, 4.69) is 0 Å². The molecule has 0 atom stereocenters. The van der Waals surface area contributed by atoms with E-state index in [0.29, 0.717) is 5.56 Å². The number of carbonyl (C=O) groups is 1. The number of amides is 1. The lowest BCUT2D eigenvalue weighted by molar-refractivity contribution is 0.100. The molecule has 0 aliphatic rings. The number of sulfone groups is 1. The summed E-state index contributed by atoms with van der Waals surface area (Å²) in [5.41, 5.74) is 12.5. The van der Waals surface area contributed by atoms with Crippen LogP contribution >= 0.6 is 0 Å². The number of anilines is 1. The van der Waals surface area contributed by atoms with Crippen molar-refractivity contribution in [1.82, 2.24) is 0 Å². The van der Waals surface area contributed by atoms with E-state index in [9.17, 15) is 13.2 Å². The molecule has 0 spiro atoms. The van der Waals surface area contributed by atoms with Crippen LogP contribution in [0.4, 0.5) is 5.88 Å².